The molecule has 0 saturated heterocycles. The second-order valence-electron chi connectivity index (χ2n) is 8.27. The van der Waals surface area contributed by atoms with Gasteiger partial charge in [0.05, 0.1) is 22.5 Å². The Labute approximate surface area is 177 Å². The van der Waals surface area contributed by atoms with Crippen LogP contribution < -0.4 is 10.6 Å². The normalized spacial score (nSPS) is 20.8. The fourth-order valence-corrected chi connectivity index (χ4v) is 5.11. The molecule has 2 aromatic rings. The first kappa shape index (κ1) is 19.9. The summed E-state index contributed by atoms with van der Waals surface area (Å²) in [4.78, 5) is 26.5. The molecular formula is C22H20N4O3S. The Morgan fingerprint density at radius 2 is 1.97 bits per heavy atom. The molecule has 4 rings (SSSR count). The average Bonchev–Trinajstić information content (AvgIpc) is 3.20. The predicted molar refractivity (Wildman–Crippen MR) is 115 cm³/mol. The van der Waals surface area contributed by atoms with Crippen molar-refractivity contribution in [1.29, 1.82) is 5.26 Å². The predicted octanol–water partition coefficient (Wildman–Crippen LogP) is 4.60. The Kier molecular flexibility index (Phi) is 4.71. The second-order valence-corrected chi connectivity index (χ2v) is 9.25. The molecule has 2 aliphatic rings. The van der Waals surface area contributed by atoms with Gasteiger partial charge in [0, 0.05) is 40.4 Å². The zero-order valence-corrected chi connectivity index (χ0v) is 17.4. The molecule has 0 saturated carbocycles. The summed E-state index contributed by atoms with van der Waals surface area (Å²) in [6.07, 6.45) is 0.993. The number of nitrogens with zero attached hydrogens (tertiary/aromatic N) is 3. The molecule has 1 atom stereocenters. The lowest BCUT2D eigenvalue weighted by Crippen LogP contribution is -2.42. The molecule has 0 fully saturated rings. The van der Waals surface area contributed by atoms with Crippen LogP contribution in [0.4, 0.5) is 11.4 Å². The number of hydrogen-bond donors (Lipinski definition) is 1. The van der Waals surface area contributed by atoms with E-state index in [0.29, 0.717) is 29.7 Å². The molecule has 1 aliphatic heterocycles. The number of Topliss-reactive ketones (excluding diaryl/α,β-unsaturated/α-hetero) is 1. The molecule has 1 aliphatic carbocycles. The van der Waals surface area contributed by atoms with Gasteiger partial charge >= 0.3 is 0 Å². The van der Waals surface area contributed by atoms with Crippen molar-refractivity contribution < 1.29 is 9.72 Å². The summed E-state index contributed by atoms with van der Waals surface area (Å²) in [7, 11) is 0. The summed E-state index contributed by atoms with van der Waals surface area (Å²) < 4.78 is 0. The highest BCUT2D eigenvalue weighted by Crippen LogP contribution is 2.50. The smallest absolute Gasteiger partial charge is 0.269 e. The third kappa shape index (κ3) is 3.17. The number of carbonyl (C=O) groups excluding carboxylic acids is 1. The second kappa shape index (κ2) is 7.11. The zero-order valence-electron chi connectivity index (χ0n) is 16.6. The molecule has 2 N–H and O–H groups in total. The van der Waals surface area contributed by atoms with Crippen molar-refractivity contribution in [2.75, 3.05) is 4.90 Å². The number of allylic oxidation sites excluding steroid dienone is 3. The van der Waals surface area contributed by atoms with Gasteiger partial charge < -0.3 is 5.73 Å². The van der Waals surface area contributed by atoms with Crippen LogP contribution in [0.5, 0.6) is 0 Å². The van der Waals surface area contributed by atoms with Crippen molar-refractivity contribution in [3.63, 3.8) is 0 Å². The first-order chi connectivity index (χ1) is 14.2. The average molecular weight is 420 g/mol. The number of carbonyl (C=O) groups is 1. The van der Waals surface area contributed by atoms with E-state index in [1.54, 1.807) is 17.0 Å². The maximum atomic E-state index is 13.3. The van der Waals surface area contributed by atoms with Crippen LogP contribution in [0.25, 0.3) is 0 Å². The first-order valence-corrected chi connectivity index (χ1v) is 10.4. The molecule has 7 nitrogen and oxygen atoms in total. The zero-order chi connectivity index (χ0) is 21.6. The van der Waals surface area contributed by atoms with E-state index in [1.807, 2.05) is 31.4 Å². The van der Waals surface area contributed by atoms with Gasteiger partial charge in [0.25, 0.3) is 5.69 Å². The van der Waals surface area contributed by atoms with Crippen LogP contribution in [0.1, 0.15) is 37.5 Å². The largest absolute Gasteiger partial charge is 0.384 e. The SMILES string of the molecule is CC1(C)CC(=O)C2=C(C1)N(c1ccc([N+](=O)[O-])cc1)C(N)=C(C#N)[C@@H]2c1cccs1. The topological polar surface area (TPSA) is 113 Å². The van der Waals surface area contributed by atoms with Crippen LogP contribution in [0.15, 0.2) is 64.4 Å². The Morgan fingerprint density at radius 1 is 1.27 bits per heavy atom. The Morgan fingerprint density at radius 3 is 2.53 bits per heavy atom. The van der Waals surface area contributed by atoms with Gasteiger partial charge in [-0.1, -0.05) is 19.9 Å². The third-order valence-electron chi connectivity index (χ3n) is 5.53. The molecule has 1 aromatic heterocycles. The monoisotopic (exact) mass is 420 g/mol. The lowest BCUT2D eigenvalue weighted by Gasteiger charge is -2.43. The summed E-state index contributed by atoms with van der Waals surface area (Å²) in [6, 6.07) is 12.0. The molecule has 0 bridgehead atoms. The number of non-ortho nitro benzene ring substituents is 1. The van der Waals surface area contributed by atoms with Gasteiger partial charge in [0.1, 0.15) is 5.82 Å². The standard InChI is InChI=1S/C22H20N4O3S/c1-22(2)10-16-20(17(27)11-22)19(18-4-3-9-30-18)15(12-23)21(24)25(16)13-5-7-14(8-6-13)26(28)29/h3-9,19H,10-11,24H2,1-2H3/t19-/m1/s1. The minimum atomic E-state index is -0.483. The number of nitro benzene ring substituents is 1. The van der Waals surface area contributed by atoms with E-state index in [-0.39, 0.29) is 22.7 Å². The van der Waals surface area contributed by atoms with E-state index in [2.05, 4.69) is 6.07 Å². The summed E-state index contributed by atoms with van der Waals surface area (Å²) >= 11 is 1.49. The van der Waals surface area contributed by atoms with Crippen LogP contribution >= 0.6 is 11.3 Å². The van der Waals surface area contributed by atoms with Crippen LogP contribution in [0.2, 0.25) is 0 Å². The van der Waals surface area contributed by atoms with Crippen LogP contribution in [-0.4, -0.2) is 10.7 Å². The van der Waals surface area contributed by atoms with E-state index >= 15 is 0 Å². The summed E-state index contributed by atoms with van der Waals surface area (Å²) in [5.74, 6) is -0.219. The van der Waals surface area contributed by atoms with Gasteiger partial charge in [-0.05, 0) is 35.4 Å². The van der Waals surface area contributed by atoms with E-state index in [0.717, 1.165) is 10.6 Å². The van der Waals surface area contributed by atoms with Crippen LogP contribution in [0, 0.1) is 26.9 Å². The molecule has 8 heteroatoms. The minimum absolute atomic E-state index is 0.00631. The summed E-state index contributed by atoms with van der Waals surface area (Å²) in [6.45, 7) is 4.06. The quantitative estimate of drug-likeness (QED) is 0.573. The molecule has 0 amide bonds. The molecule has 152 valence electrons. The lowest BCUT2D eigenvalue weighted by atomic mass is 9.69. The molecule has 2 heterocycles. The van der Waals surface area contributed by atoms with Crippen molar-refractivity contribution in [3.8, 4) is 6.07 Å². The number of nitrogens with two attached hydrogens (primary N) is 1. The highest BCUT2D eigenvalue weighted by molar-refractivity contribution is 7.10. The van der Waals surface area contributed by atoms with Crippen molar-refractivity contribution in [2.45, 2.75) is 32.6 Å². The fourth-order valence-electron chi connectivity index (χ4n) is 4.27. The molecular weight excluding hydrogens is 400 g/mol. The van der Waals surface area contributed by atoms with Gasteiger partial charge in [-0.25, -0.2) is 0 Å². The van der Waals surface area contributed by atoms with Gasteiger partial charge in [-0.2, -0.15) is 5.26 Å². The molecule has 30 heavy (non-hydrogen) atoms. The Hall–Kier alpha value is -3.44. The number of hydrogen-bond acceptors (Lipinski definition) is 7. The number of nitro groups is 1. The van der Waals surface area contributed by atoms with Crippen molar-refractivity contribution in [2.24, 2.45) is 11.1 Å². The first-order valence-electron chi connectivity index (χ1n) is 9.47. The van der Waals surface area contributed by atoms with E-state index < -0.39 is 10.8 Å². The van der Waals surface area contributed by atoms with Crippen molar-refractivity contribution in [3.05, 3.63) is 79.4 Å². The number of thiophene rings is 1. The highest BCUT2D eigenvalue weighted by atomic mass is 32.1. The lowest BCUT2D eigenvalue weighted by molar-refractivity contribution is -0.384. The number of ketones is 1. The molecule has 0 spiro atoms. The molecule has 0 radical (unpaired) electrons. The van der Waals surface area contributed by atoms with E-state index in [1.165, 1.54) is 23.5 Å². The number of rotatable bonds is 3. The fraction of sp³-hybridized carbons (Fsp3) is 0.273. The van der Waals surface area contributed by atoms with Crippen molar-refractivity contribution >= 4 is 28.5 Å². The summed E-state index contributed by atoms with van der Waals surface area (Å²) in [5.41, 5.74) is 8.48. The van der Waals surface area contributed by atoms with E-state index in [4.69, 9.17) is 5.73 Å². The molecule has 0 unspecified atom stereocenters. The van der Waals surface area contributed by atoms with Gasteiger partial charge in [-0.15, -0.1) is 11.3 Å². The van der Waals surface area contributed by atoms with Gasteiger partial charge in [0.15, 0.2) is 5.78 Å². The maximum Gasteiger partial charge on any atom is 0.269 e. The number of anilines is 1. The molecule has 1 aromatic carbocycles. The van der Waals surface area contributed by atoms with Gasteiger partial charge in [0.2, 0.25) is 0 Å². The van der Waals surface area contributed by atoms with Crippen LogP contribution in [0.3, 0.4) is 0 Å². The Balaban J connectivity index is 1.95. The number of benzene rings is 1. The highest BCUT2D eigenvalue weighted by Gasteiger charge is 2.45. The third-order valence-corrected chi connectivity index (χ3v) is 6.46. The van der Waals surface area contributed by atoms with Crippen LogP contribution in [-0.2, 0) is 4.79 Å². The van der Waals surface area contributed by atoms with Crippen molar-refractivity contribution in [1.82, 2.24) is 0 Å². The van der Waals surface area contributed by atoms with E-state index in [9.17, 15) is 20.2 Å². The number of nitriles is 1. The maximum absolute atomic E-state index is 13.3. The minimum Gasteiger partial charge on any atom is -0.384 e. The summed E-state index contributed by atoms with van der Waals surface area (Å²) in [5, 5.41) is 22.9. The Bertz CT molecular complexity index is 1140. The van der Waals surface area contributed by atoms with Gasteiger partial charge in [-0.3, -0.25) is 19.8 Å².